The molecule has 0 aliphatic carbocycles. The summed E-state index contributed by atoms with van der Waals surface area (Å²) in [6.45, 7) is 2.55. The molecule has 1 heterocycles. The number of para-hydroxylation sites is 1. The van der Waals surface area contributed by atoms with Gasteiger partial charge in [0.15, 0.2) is 0 Å². The van der Waals surface area contributed by atoms with Crippen molar-refractivity contribution in [3.63, 3.8) is 0 Å². The molecule has 2 rings (SSSR count). The molecule has 1 unspecified atom stereocenters. The molecule has 1 aromatic rings. The van der Waals surface area contributed by atoms with Gasteiger partial charge in [0.05, 0.1) is 0 Å². The van der Waals surface area contributed by atoms with Gasteiger partial charge in [0.25, 0.3) is 0 Å². The maximum absolute atomic E-state index is 5.89. The number of nitrogens with zero attached hydrogens (tertiary/aromatic N) is 1. The van der Waals surface area contributed by atoms with E-state index in [2.05, 4.69) is 9.89 Å². The Morgan fingerprint density at radius 3 is 2.80 bits per heavy atom. The van der Waals surface area contributed by atoms with Gasteiger partial charge in [0.1, 0.15) is 18.9 Å². The zero-order chi connectivity index (χ0) is 13.3. The Hall–Kier alpha value is -0.770. The number of rotatable bonds is 5. The van der Waals surface area contributed by atoms with E-state index in [-0.39, 0.29) is 12.4 Å². The Kier molecular flexibility index (Phi) is 8.67. The zero-order valence-corrected chi connectivity index (χ0v) is 13.1. The Morgan fingerprint density at radius 1 is 1.25 bits per heavy atom. The Balaban J connectivity index is 0.00000200. The second kappa shape index (κ2) is 10.0. The van der Waals surface area contributed by atoms with Crippen LogP contribution in [0.2, 0.25) is 0 Å². The van der Waals surface area contributed by atoms with Crippen molar-refractivity contribution >= 4 is 17.3 Å². The smallest absolute Gasteiger partial charge is 0.233 e. The Morgan fingerprint density at radius 2 is 2.05 bits per heavy atom. The molecule has 1 atom stereocenters. The van der Waals surface area contributed by atoms with Crippen molar-refractivity contribution in [1.82, 2.24) is 5.32 Å². The number of benzene rings is 1. The maximum atomic E-state index is 5.89. The molecule has 1 N–H and O–H groups in total. The molecule has 3 nitrogen and oxygen atoms in total. The van der Waals surface area contributed by atoms with Crippen LogP contribution in [0.4, 0.5) is 0 Å². The molecule has 5 heteroatoms. The molecular formula is C15H22Cl2N2O. The third-order valence-corrected chi connectivity index (χ3v) is 3.66. The van der Waals surface area contributed by atoms with Gasteiger partial charge in [0.2, 0.25) is 11.8 Å². The van der Waals surface area contributed by atoms with Gasteiger partial charge in [-0.2, -0.15) is 0 Å². The van der Waals surface area contributed by atoms with Crippen molar-refractivity contribution in [3.05, 3.63) is 30.3 Å². The van der Waals surface area contributed by atoms with Crippen molar-refractivity contribution in [3.8, 4) is 5.75 Å². The second-order valence-electron chi connectivity index (χ2n) is 4.82. The van der Waals surface area contributed by atoms with Crippen LogP contribution in [0.25, 0.3) is 0 Å². The predicted molar refractivity (Wildman–Crippen MR) is 79.2 cm³/mol. The second-order valence-corrected chi connectivity index (χ2v) is 5.01. The van der Waals surface area contributed by atoms with Gasteiger partial charge in [-0.05, 0) is 36.6 Å². The van der Waals surface area contributed by atoms with Gasteiger partial charge >= 0.3 is 0 Å². The highest BCUT2D eigenvalue weighted by atomic mass is 35.5. The average Bonchev–Trinajstić information content (AvgIpc) is 2.69. The molecule has 112 valence electrons. The van der Waals surface area contributed by atoms with E-state index in [0.29, 0.717) is 12.8 Å². The minimum absolute atomic E-state index is 0. The fourth-order valence-electron chi connectivity index (χ4n) is 2.38. The molecule has 0 amide bonds. The van der Waals surface area contributed by atoms with Gasteiger partial charge in [0, 0.05) is 19.4 Å². The lowest BCUT2D eigenvalue weighted by atomic mass is 10.2. The van der Waals surface area contributed by atoms with Gasteiger partial charge in [-0.15, -0.1) is 0 Å². The molecule has 0 aromatic heterocycles. The summed E-state index contributed by atoms with van der Waals surface area (Å²) in [5, 5.41) is 3.52. The molecule has 0 bridgehead atoms. The largest absolute Gasteiger partial charge is 1.00 e. The summed E-state index contributed by atoms with van der Waals surface area (Å²) < 4.78 is 7.86. The van der Waals surface area contributed by atoms with E-state index < -0.39 is 0 Å². The lowest BCUT2D eigenvalue weighted by molar-refractivity contribution is -0.565. The molecule has 0 spiro atoms. The highest BCUT2D eigenvalue weighted by molar-refractivity contribution is 6.54. The number of hydrogen-bond donors (Lipinski definition) is 1. The minimum Gasteiger partial charge on any atom is -1.00 e. The quantitative estimate of drug-likeness (QED) is 0.603. The van der Waals surface area contributed by atoms with E-state index >= 15 is 0 Å². The SMILES string of the molecule is Cl/C=[N+]1\CCCCCC1NCCOc1ccccc1.[Cl-]. The number of halogens is 2. The van der Waals surface area contributed by atoms with Crippen LogP contribution >= 0.6 is 11.6 Å². The third-order valence-electron chi connectivity index (χ3n) is 3.41. The lowest BCUT2D eigenvalue weighted by Crippen LogP contribution is -3.00. The van der Waals surface area contributed by atoms with Crippen LogP contribution in [-0.4, -0.2) is 36.1 Å². The number of hydrogen-bond acceptors (Lipinski definition) is 2. The summed E-state index contributed by atoms with van der Waals surface area (Å²) in [4.78, 5) is 0. The first-order valence-electron chi connectivity index (χ1n) is 7.00. The van der Waals surface area contributed by atoms with Crippen molar-refractivity contribution in [2.75, 3.05) is 19.7 Å². The van der Waals surface area contributed by atoms with E-state index in [4.69, 9.17) is 16.3 Å². The molecule has 20 heavy (non-hydrogen) atoms. The first-order valence-corrected chi connectivity index (χ1v) is 7.44. The molecule has 1 saturated heterocycles. The summed E-state index contributed by atoms with van der Waals surface area (Å²) in [6.07, 6.45) is 5.27. The zero-order valence-electron chi connectivity index (χ0n) is 11.6. The predicted octanol–water partition coefficient (Wildman–Crippen LogP) is -0.161. The fraction of sp³-hybridized carbons (Fsp3) is 0.533. The van der Waals surface area contributed by atoms with Crippen LogP contribution in [0.3, 0.4) is 0 Å². The topological polar surface area (TPSA) is 24.3 Å². The Labute approximate surface area is 132 Å². The average molecular weight is 317 g/mol. The van der Waals surface area contributed by atoms with E-state index in [0.717, 1.165) is 25.3 Å². The maximum Gasteiger partial charge on any atom is 0.233 e. The van der Waals surface area contributed by atoms with E-state index in [9.17, 15) is 0 Å². The van der Waals surface area contributed by atoms with Gasteiger partial charge in [-0.1, -0.05) is 18.2 Å². The summed E-state index contributed by atoms with van der Waals surface area (Å²) in [7, 11) is 0. The van der Waals surface area contributed by atoms with Crippen LogP contribution in [0.5, 0.6) is 5.75 Å². The van der Waals surface area contributed by atoms with Crippen molar-refractivity contribution in [1.29, 1.82) is 0 Å². The monoisotopic (exact) mass is 316 g/mol. The van der Waals surface area contributed by atoms with Crippen LogP contribution in [0.15, 0.2) is 30.3 Å². The molecule has 1 aromatic carbocycles. The van der Waals surface area contributed by atoms with Gasteiger partial charge < -0.3 is 17.1 Å². The van der Waals surface area contributed by atoms with Crippen molar-refractivity contribution < 1.29 is 21.7 Å². The van der Waals surface area contributed by atoms with E-state index in [1.165, 1.54) is 19.3 Å². The molecule has 1 fully saturated rings. The molecule has 1 aliphatic heterocycles. The molecule has 0 radical (unpaired) electrons. The molecule has 1 aliphatic rings. The lowest BCUT2D eigenvalue weighted by Gasteiger charge is -2.14. The minimum atomic E-state index is 0. The van der Waals surface area contributed by atoms with Gasteiger partial charge in [-0.25, -0.2) is 4.58 Å². The van der Waals surface area contributed by atoms with Crippen molar-refractivity contribution in [2.24, 2.45) is 0 Å². The number of nitrogens with one attached hydrogen (secondary N) is 1. The fourth-order valence-corrected chi connectivity index (χ4v) is 2.61. The van der Waals surface area contributed by atoms with Crippen LogP contribution in [-0.2, 0) is 0 Å². The highest BCUT2D eigenvalue weighted by Gasteiger charge is 2.21. The first-order chi connectivity index (χ1) is 9.40. The molecular weight excluding hydrogens is 295 g/mol. The van der Waals surface area contributed by atoms with E-state index in [1.54, 1.807) is 5.67 Å². The summed E-state index contributed by atoms with van der Waals surface area (Å²) in [5.74, 6) is 0.922. The summed E-state index contributed by atoms with van der Waals surface area (Å²) in [5.41, 5.74) is 1.68. The number of ether oxygens (including phenoxy) is 1. The highest BCUT2D eigenvalue weighted by Crippen LogP contribution is 2.11. The van der Waals surface area contributed by atoms with Crippen molar-refractivity contribution in [2.45, 2.75) is 31.8 Å². The van der Waals surface area contributed by atoms with Crippen LogP contribution in [0.1, 0.15) is 25.7 Å². The first kappa shape index (κ1) is 17.3. The summed E-state index contributed by atoms with van der Waals surface area (Å²) >= 11 is 5.89. The van der Waals surface area contributed by atoms with E-state index in [1.807, 2.05) is 30.3 Å². The normalized spacial score (nSPS) is 21.1. The van der Waals surface area contributed by atoms with Crippen LogP contribution < -0.4 is 22.5 Å². The Bertz CT molecular complexity index is 398. The standard InChI is InChI=1S/C15H22ClN2O.ClH/c16-13-18-11-6-2-5-9-15(18)17-10-12-19-14-7-3-1-4-8-14;/h1,3-4,7-8,13,15,17H,2,5-6,9-12H2;1H/q+1;/p-1/b18-13+;. The summed E-state index contributed by atoms with van der Waals surface area (Å²) in [6, 6.07) is 9.91. The van der Waals surface area contributed by atoms with Crippen LogP contribution in [0, 0.1) is 0 Å². The third kappa shape index (κ3) is 5.70. The van der Waals surface area contributed by atoms with Gasteiger partial charge in [-0.3, -0.25) is 5.32 Å². The molecule has 0 saturated carbocycles.